The molecule has 3 rings (SSSR count). The molecular formula is C20H29N3O3. The summed E-state index contributed by atoms with van der Waals surface area (Å²) in [5, 5.41) is 3.55. The first-order valence-electron chi connectivity index (χ1n) is 9.30. The predicted octanol–water partition coefficient (Wildman–Crippen LogP) is 2.19. The molecule has 0 unspecified atom stereocenters. The molecule has 1 aliphatic carbocycles. The van der Waals surface area contributed by atoms with Crippen molar-refractivity contribution < 1.29 is 14.3 Å². The van der Waals surface area contributed by atoms with Gasteiger partial charge in [0.25, 0.3) is 0 Å². The number of nitrogens with one attached hydrogen (secondary N) is 1. The maximum absolute atomic E-state index is 11.7. The van der Waals surface area contributed by atoms with Crippen molar-refractivity contribution in [2.24, 2.45) is 10.9 Å². The highest BCUT2D eigenvalue weighted by atomic mass is 16.5. The number of nitrogens with zero attached hydrogens (tertiary/aromatic N) is 2. The summed E-state index contributed by atoms with van der Waals surface area (Å²) in [6.45, 7) is 2.49. The Morgan fingerprint density at radius 2 is 1.96 bits per heavy atom. The van der Waals surface area contributed by atoms with Gasteiger partial charge in [-0.05, 0) is 31.7 Å². The Balaban J connectivity index is 1.59. The molecule has 1 aliphatic heterocycles. The molecule has 2 aliphatic rings. The minimum atomic E-state index is -0.0966. The van der Waals surface area contributed by atoms with Crippen LogP contribution in [-0.4, -0.2) is 57.7 Å². The van der Waals surface area contributed by atoms with E-state index in [9.17, 15) is 4.79 Å². The van der Waals surface area contributed by atoms with E-state index in [1.165, 1.54) is 12.7 Å². The van der Waals surface area contributed by atoms with Gasteiger partial charge in [-0.3, -0.25) is 9.79 Å². The van der Waals surface area contributed by atoms with Gasteiger partial charge in [-0.15, -0.1) is 0 Å². The lowest BCUT2D eigenvalue weighted by atomic mass is 9.94. The molecule has 1 aromatic rings. The van der Waals surface area contributed by atoms with Gasteiger partial charge < -0.3 is 19.7 Å². The maximum Gasteiger partial charge on any atom is 0.308 e. The number of ether oxygens (including phenoxy) is 2. The van der Waals surface area contributed by atoms with Crippen LogP contribution < -0.4 is 10.1 Å². The van der Waals surface area contributed by atoms with E-state index in [4.69, 9.17) is 9.47 Å². The third-order valence-electron chi connectivity index (χ3n) is 5.66. The third-order valence-corrected chi connectivity index (χ3v) is 5.66. The van der Waals surface area contributed by atoms with E-state index < -0.39 is 0 Å². The summed E-state index contributed by atoms with van der Waals surface area (Å²) in [6, 6.07) is 8.28. The van der Waals surface area contributed by atoms with Crippen molar-refractivity contribution in [3.8, 4) is 5.75 Å². The van der Waals surface area contributed by atoms with Gasteiger partial charge >= 0.3 is 5.97 Å². The number of aliphatic imine (C=N–C) groups is 1. The molecule has 2 fully saturated rings. The number of hydrogen-bond donors (Lipinski definition) is 1. The summed E-state index contributed by atoms with van der Waals surface area (Å²) in [6.07, 6.45) is 3.93. The summed E-state index contributed by atoms with van der Waals surface area (Å²) >= 11 is 0. The Morgan fingerprint density at radius 3 is 2.54 bits per heavy atom. The van der Waals surface area contributed by atoms with Gasteiger partial charge in [-0.25, -0.2) is 0 Å². The quantitative estimate of drug-likeness (QED) is 0.496. The van der Waals surface area contributed by atoms with E-state index in [0.29, 0.717) is 0 Å². The van der Waals surface area contributed by atoms with Crippen LogP contribution in [-0.2, 0) is 14.9 Å². The Kier molecular flexibility index (Phi) is 5.69. The average Bonchev–Trinajstić information content (AvgIpc) is 3.49. The predicted molar refractivity (Wildman–Crippen MR) is 102 cm³/mol. The second-order valence-electron chi connectivity index (χ2n) is 7.17. The first kappa shape index (κ1) is 18.5. The number of hydrogen-bond acceptors (Lipinski definition) is 4. The van der Waals surface area contributed by atoms with Crippen molar-refractivity contribution in [3.63, 3.8) is 0 Å². The fourth-order valence-corrected chi connectivity index (χ4v) is 3.85. The van der Waals surface area contributed by atoms with Gasteiger partial charge in [0, 0.05) is 37.7 Å². The normalized spacial score (nSPS) is 19.8. The van der Waals surface area contributed by atoms with Crippen molar-refractivity contribution in [1.29, 1.82) is 0 Å². The zero-order valence-corrected chi connectivity index (χ0v) is 16.0. The van der Waals surface area contributed by atoms with Crippen LogP contribution in [0.2, 0.25) is 0 Å². The average molecular weight is 359 g/mol. The van der Waals surface area contributed by atoms with Gasteiger partial charge in [-0.1, -0.05) is 18.2 Å². The van der Waals surface area contributed by atoms with Crippen molar-refractivity contribution >= 4 is 11.9 Å². The first-order chi connectivity index (χ1) is 12.6. The molecule has 1 saturated heterocycles. The molecule has 142 valence electrons. The van der Waals surface area contributed by atoms with E-state index in [2.05, 4.69) is 27.3 Å². The number of guanidine groups is 1. The smallest absolute Gasteiger partial charge is 0.308 e. The van der Waals surface area contributed by atoms with Crippen molar-refractivity contribution in [2.45, 2.75) is 31.1 Å². The minimum absolute atomic E-state index is 0.0118. The molecule has 1 aromatic carbocycles. The molecular weight excluding hydrogens is 330 g/mol. The van der Waals surface area contributed by atoms with Crippen molar-refractivity contribution in [3.05, 3.63) is 29.8 Å². The van der Waals surface area contributed by atoms with E-state index in [1.807, 2.05) is 19.2 Å². The number of piperidine rings is 1. The Bertz CT molecular complexity index is 662. The molecule has 1 N–H and O–H groups in total. The van der Waals surface area contributed by atoms with Crippen LogP contribution >= 0.6 is 0 Å². The van der Waals surface area contributed by atoms with Gasteiger partial charge in [0.2, 0.25) is 0 Å². The highest BCUT2D eigenvalue weighted by Crippen LogP contribution is 2.50. The molecule has 0 atom stereocenters. The van der Waals surface area contributed by atoms with Crippen LogP contribution in [0.1, 0.15) is 31.2 Å². The molecule has 6 heteroatoms. The van der Waals surface area contributed by atoms with E-state index >= 15 is 0 Å². The second kappa shape index (κ2) is 7.98. The summed E-state index contributed by atoms with van der Waals surface area (Å²) in [5.41, 5.74) is 1.40. The van der Waals surface area contributed by atoms with Crippen LogP contribution in [0.4, 0.5) is 0 Å². The first-order valence-corrected chi connectivity index (χ1v) is 9.30. The Morgan fingerprint density at radius 1 is 1.27 bits per heavy atom. The highest BCUT2D eigenvalue weighted by Gasteiger charge is 2.46. The number of likely N-dealkylation sites (tertiary alicyclic amines) is 1. The molecule has 1 saturated carbocycles. The van der Waals surface area contributed by atoms with Crippen LogP contribution in [0.25, 0.3) is 0 Å². The van der Waals surface area contributed by atoms with Crippen LogP contribution in [0.15, 0.2) is 29.3 Å². The number of para-hydroxylation sites is 1. The Hall–Kier alpha value is -2.24. The van der Waals surface area contributed by atoms with Gasteiger partial charge in [0.05, 0.1) is 20.1 Å². The fraction of sp³-hybridized carbons (Fsp3) is 0.600. The largest absolute Gasteiger partial charge is 0.496 e. The Labute approximate surface area is 155 Å². The second-order valence-corrected chi connectivity index (χ2v) is 7.17. The number of carbonyl (C=O) groups excluding carboxylic acids is 1. The van der Waals surface area contributed by atoms with Gasteiger partial charge in [-0.2, -0.15) is 0 Å². The summed E-state index contributed by atoms with van der Waals surface area (Å²) in [4.78, 5) is 18.4. The lowest BCUT2D eigenvalue weighted by molar-refractivity contribution is -0.146. The van der Waals surface area contributed by atoms with E-state index in [-0.39, 0.29) is 17.3 Å². The zero-order chi connectivity index (χ0) is 18.6. The fourth-order valence-electron chi connectivity index (χ4n) is 3.85. The van der Waals surface area contributed by atoms with Crippen LogP contribution in [0, 0.1) is 5.92 Å². The topological polar surface area (TPSA) is 63.2 Å². The molecule has 26 heavy (non-hydrogen) atoms. The maximum atomic E-state index is 11.7. The highest BCUT2D eigenvalue weighted by molar-refractivity contribution is 5.80. The van der Waals surface area contributed by atoms with Gasteiger partial charge in [0.15, 0.2) is 5.96 Å². The molecule has 0 radical (unpaired) electrons. The lowest BCUT2D eigenvalue weighted by Crippen LogP contribution is -2.48. The number of rotatable bonds is 5. The van der Waals surface area contributed by atoms with Crippen molar-refractivity contribution in [1.82, 2.24) is 10.2 Å². The molecule has 0 bridgehead atoms. The SMILES string of the molecule is CN=C(NCC1(c2ccccc2OC)CC1)N1CCC(C(=O)OC)CC1. The van der Waals surface area contributed by atoms with Gasteiger partial charge in [0.1, 0.15) is 5.75 Å². The standard InChI is InChI=1S/C20H29N3O3/c1-21-19(23-12-8-15(9-13-23)18(24)26-3)22-14-20(10-11-20)16-6-4-5-7-17(16)25-2/h4-7,15H,8-14H2,1-3H3,(H,21,22). The summed E-state index contributed by atoms with van der Waals surface area (Å²) < 4.78 is 10.4. The minimum Gasteiger partial charge on any atom is -0.496 e. The van der Waals surface area contributed by atoms with Crippen molar-refractivity contribution in [2.75, 3.05) is 40.9 Å². The molecule has 0 aromatic heterocycles. The molecule has 0 spiro atoms. The third kappa shape index (κ3) is 3.79. The number of carbonyl (C=O) groups is 1. The van der Waals surface area contributed by atoms with E-state index in [0.717, 1.165) is 57.0 Å². The number of methoxy groups -OCH3 is 2. The summed E-state index contributed by atoms with van der Waals surface area (Å²) in [5.74, 6) is 1.79. The summed E-state index contributed by atoms with van der Waals surface area (Å²) in [7, 11) is 5.01. The van der Waals surface area contributed by atoms with Crippen LogP contribution in [0.3, 0.4) is 0 Å². The molecule has 0 amide bonds. The lowest BCUT2D eigenvalue weighted by Gasteiger charge is -2.34. The zero-order valence-electron chi connectivity index (χ0n) is 16.0. The van der Waals surface area contributed by atoms with E-state index in [1.54, 1.807) is 7.11 Å². The molecule has 6 nitrogen and oxygen atoms in total. The number of benzene rings is 1. The number of esters is 1. The van der Waals surface area contributed by atoms with Crippen LogP contribution in [0.5, 0.6) is 5.75 Å². The molecule has 1 heterocycles. The monoisotopic (exact) mass is 359 g/mol.